The number of aromatic nitrogens is 2. The molecule has 0 atom stereocenters. The van der Waals surface area contributed by atoms with Crippen LogP contribution in [0.2, 0.25) is 0 Å². The highest BCUT2D eigenvalue weighted by Crippen LogP contribution is 2.26. The van der Waals surface area contributed by atoms with Gasteiger partial charge in [-0.05, 0) is 38.8 Å². The first-order chi connectivity index (χ1) is 12.4. The smallest absolute Gasteiger partial charge is 0.331 e. The number of anilines is 1. The molecule has 26 heavy (non-hydrogen) atoms. The lowest BCUT2D eigenvalue weighted by atomic mass is 9.95. The molecule has 0 unspecified atom stereocenters. The third-order valence-electron chi connectivity index (χ3n) is 5.09. The highest BCUT2D eigenvalue weighted by atomic mass is 19.1. The number of nitrogens with two attached hydrogens (primary N) is 1. The van der Waals surface area contributed by atoms with Gasteiger partial charge in [0.25, 0.3) is 5.56 Å². The van der Waals surface area contributed by atoms with Crippen molar-refractivity contribution in [1.29, 1.82) is 0 Å². The molecule has 142 valence electrons. The van der Waals surface area contributed by atoms with Crippen molar-refractivity contribution in [3.63, 3.8) is 0 Å². The molecule has 3 N–H and O–H groups in total. The van der Waals surface area contributed by atoms with E-state index < -0.39 is 17.1 Å². The summed E-state index contributed by atoms with van der Waals surface area (Å²) in [5, 5.41) is 3.47. The molecule has 0 aliphatic heterocycles. The number of hydrogen-bond acceptors (Lipinski definition) is 4. The molecular weight excluding hydrogens is 335 g/mol. The Kier molecular flexibility index (Phi) is 5.46. The molecule has 1 aliphatic rings. The molecule has 0 radical (unpaired) electrons. The number of benzene rings is 1. The summed E-state index contributed by atoms with van der Waals surface area (Å²) >= 11 is 0. The summed E-state index contributed by atoms with van der Waals surface area (Å²) in [7, 11) is 0. The largest absolute Gasteiger partial charge is 0.380 e. The van der Waals surface area contributed by atoms with E-state index in [9.17, 15) is 14.0 Å². The summed E-state index contributed by atoms with van der Waals surface area (Å²) in [6.45, 7) is 4.03. The van der Waals surface area contributed by atoms with Crippen LogP contribution in [0, 0.1) is 5.82 Å². The SMILES string of the molecule is CC(C)n1c(=O)n(CCN)c(=O)c2cc(F)c(NC3CCCCC3)cc21. The van der Waals surface area contributed by atoms with Gasteiger partial charge in [0.15, 0.2) is 0 Å². The molecule has 1 heterocycles. The number of rotatable bonds is 5. The van der Waals surface area contributed by atoms with Gasteiger partial charge in [-0.2, -0.15) is 0 Å². The first-order valence-electron chi connectivity index (χ1n) is 9.39. The van der Waals surface area contributed by atoms with E-state index in [1.54, 1.807) is 6.07 Å². The summed E-state index contributed by atoms with van der Waals surface area (Å²) in [5.74, 6) is -0.464. The van der Waals surface area contributed by atoms with Crippen LogP contribution < -0.4 is 22.3 Å². The minimum absolute atomic E-state index is 0.115. The Morgan fingerprint density at radius 3 is 2.54 bits per heavy atom. The molecule has 1 aromatic heterocycles. The van der Waals surface area contributed by atoms with E-state index in [-0.39, 0.29) is 30.6 Å². The third kappa shape index (κ3) is 3.40. The Bertz CT molecular complexity index is 910. The third-order valence-corrected chi connectivity index (χ3v) is 5.09. The van der Waals surface area contributed by atoms with E-state index in [1.807, 2.05) is 13.8 Å². The summed E-state index contributed by atoms with van der Waals surface area (Å²) in [5.41, 5.74) is 5.46. The minimum atomic E-state index is -0.490. The first-order valence-corrected chi connectivity index (χ1v) is 9.39. The summed E-state index contributed by atoms with van der Waals surface area (Å²) < 4.78 is 17.3. The van der Waals surface area contributed by atoms with Gasteiger partial charge in [-0.15, -0.1) is 0 Å². The average Bonchev–Trinajstić information content (AvgIpc) is 2.61. The second-order valence-corrected chi connectivity index (χ2v) is 7.32. The van der Waals surface area contributed by atoms with Crippen molar-refractivity contribution in [2.45, 2.75) is 64.6 Å². The van der Waals surface area contributed by atoms with E-state index in [0.717, 1.165) is 30.3 Å². The van der Waals surface area contributed by atoms with Crippen molar-refractivity contribution in [3.05, 3.63) is 38.8 Å². The summed E-state index contributed by atoms with van der Waals surface area (Å²) in [6.07, 6.45) is 5.49. The topological polar surface area (TPSA) is 82.1 Å². The van der Waals surface area contributed by atoms with Gasteiger partial charge in [-0.25, -0.2) is 9.18 Å². The number of nitrogens with one attached hydrogen (secondary N) is 1. The van der Waals surface area contributed by atoms with E-state index in [1.165, 1.54) is 17.1 Å². The Labute approximate surface area is 151 Å². The van der Waals surface area contributed by atoms with Gasteiger partial charge in [0.1, 0.15) is 5.82 Å². The fourth-order valence-corrected chi connectivity index (χ4v) is 3.80. The van der Waals surface area contributed by atoms with Crippen LogP contribution in [0.25, 0.3) is 10.9 Å². The van der Waals surface area contributed by atoms with Gasteiger partial charge in [-0.3, -0.25) is 13.9 Å². The molecule has 3 rings (SSSR count). The average molecular weight is 362 g/mol. The highest BCUT2D eigenvalue weighted by Gasteiger charge is 2.19. The van der Waals surface area contributed by atoms with Gasteiger partial charge in [0.2, 0.25) is 0 Å². The molecule has 1 saturated carbocycles. The number of hydrogen-bond donors (Lipinski definition) is 2. The van der Waals surface area contributed by atoms with Gasteiger partial charge >= 0.3 is 5.69 Å². The van der Waals surface area contributed by atoms with Gasteiger partial charge in [0.05, 0.1) is 16.6 Å². The molecule has 0 saturated heterocycles. The second kappa shape index (κ2) is 7.61. The Morgan fingerprint density at radius 2 is 1.92 bits per heavy atom. The van der Waals surface area contributed by atoms with Crippen LogP contribution >= 0.6 is 0 Å². The molecule has 1 aliphatic carbocycles. The van der Waals surface area contributed by atoms with Crippen LogP contribution in [0.1, 0.15) is 52.0 Å². The molecule has 2 aromatic rings. The zero-order valence-corrected chi connectivity index (χ0v) is 15.4. The van der Waals surface area contributed by atoms with E-state index >= 15 is 0 Å². The lowest BCUT2D eigenvalue weighted by Crippen LogP contribution is -2.42. The van der Waals surface area contributed by atoms with Crippen molar-refractivity contribution < 1.29 is 4.39 Å². The predicted molar refractivity (Wildman–Crippen MR) is 102 cm³/mol. The van der Waals surface area contributed by atoms with Crippen molar-refractivity contribution >= 4 is 16.6 Å². The molecule has 7 heteroatoms. The Morgan fingerprint density at radius 1 is 1.23 bits per heavy atom. The molecule has 1 fully saturated rings. The number of nitrogens with zero attached hydrogens (tertiary/aromatic N) is 2. The fourth-order valence-electron chi connectivity index (χ4n) is 3.80. The van der Waals surface area contributed by atoms with Gasteiger partial charge < -0.3 is 11.1 Å². The molecule has 6 nitrogen and oxygen atoms in total. The van der Waals surface area contributed by atoms with Gasteiger partial charge in [-0.1, -0.05) is 19.3 Å². The Balaban J connectivity index is 2.18. The second-order valence-electron chi connectivity index (χ2n) is 7.32. The van der Waals surface area contributed by atoms with Crippen LogP contribution in [0.15, 0.2) is 21.7 Å². The van der Waals surface area contributed by atoms with E-state index in [0.29, 0.717) is 11.2 Å². The minimum Gasteiger partial charge on any atom is -0.380 e. The van der Waals surface area contributed by atoms with E-state index in [4.69, 9.17) is 5.73 Å². The molecule has 0 amide bonds. The zero-order valence-electron chi connectivity index (χ0n) is 15.4. The van der Waals surface area contributed by atoms with E-state index in [2.05, 4.69) is 5.32 Å². The van der Waals surface area contributed by atoms with Crippen molar-refractivity contribution in [1.82, 2.24) is 9.13 Å². The predicted octanol–water partition coefficient (Wildman–Crippen LogP) is 2.59. The molecule has 0 spiro atoms. The maximum atomic E-state index is 14.7. The monoisotopic (exact) mass is 362 g/mol. The van der Waals surface area contributed by atoms with Crippen molar-refractivity contribution in [2.75, 3.05) is 11.9 Å². The van der Waals surface area contributed by atoms with Crippen LogP contribution in [-0.4, -0.2) is 21.7 Å². The normalized spacial score (nSPS) is 15.7. The molecule has 0 bridgehead atoms. The van der Waals surface area contributed by atoms with Crippen molar-refractivity contribution in [2.24, 2.45) is 5.73 Å². The van der Waals surface area contributed by atoms with Crippen LogP contribution in [0.5, 0.6) is 0 Å². The fraction of sp³-hybridized carbons (Fsp3) is 0.579. The number of halogens is 1. The maximum Gasteiger partial charge on any atom is 0.331 e. The van der Waals surface area contributed by atoms with Crippen LogP contribution in [0.4, 0.5) is 10.1 Å². The zero-order chi connectivity index (χ0) is 18.8. The summed E-state index contributed by atoms with van der Waals surface area (Å²) in [4.78, 5) is 25.5. The van der Waals surface area contributed by atoms with Crippen LogP contribution in [-0.2, 0) is 6.54 Å². The lowest BCUT2D eigenvalue weighted by Gasteiger charge is -2.25. The molecular formula is C19H27FN4O2. The van der Waals surface area contributed by atoms with Crippen LogP contribution in [0.3, 0.4) is 0 Å². The summed E-state index contributed by atoms with van der Waals surface area (Å²) in [6, 6.07) is 2.92. The maximum absolute atomic E-state index is 14.7. The quantitative estimate of drug-likeness (QED) is 0.856. The molecule has 1 aromatic carbocycles. The van der Waals surface area contributed by atoms with Crippen molar-refractivity contribution in [3.8, 4) is 0 Å². The Hall–Kier alpha value is -2.15. The standard InChI is InChI=1S/C19H27FN4O2/c1-12(2)24-17-11-16(22-13-6-4-3-5-7-13)15(20)10-14(17)18(25)23(9-8-21)19(24)26/h10-13,22H,3-9,21H2,1-2H3. The first kappa shape index (κ1) is 18.6. The van der Waals surface area contributed by atoms with Gasteiger partial charge in [0, 0.05) is 25.2 Å². The lowest BCUT2D eigenvalue weighted by molar-refractivity contribution is 0.460. The number of fused-ring (bicyclic) bond motifs is 1. The highest BCUT2D eigenvalue weighted by molar-refractivity contribution is 5.82.